The highest BCUT2D eigenvalue weighted by atomic mass is 16.5. The molecule has 0 radical (unpaired) electrons. The van der Waals surface area contributed by atoms with E-state index in [1.165, 1.54) is 51.4 Å². The van der Waals surface area contributed by atoms with E-state index < -0.39 is 0 Å². The molecule has 0 saturated heterocycles. The van der Waals surface area contributed by atoms with Crippen LogP contribution in [0.2, 0.25) is 0 Å². The van der Waals surface area contributed by atoms with Crippen molar-refractivity contribution in [2.75, 3.05) is 7.11 Å². The summed E-state index contributed by atoms with van der Waals surface area (Å²) >= 11 is 0. The maximum atomic E-state index is 5.61. The lowest BCUT2D eigenvalue weighted by atomic mass is 9.87. The third-order valence-electron chi connectivity index (χ3n) is 4.07. The van der Waals surface area contributed by atoms with Gasteiger partial charge in [0.1, 0.15) is 0 Å². The van der Waals surface area contributed by atoms with E-state index in [-0.39, 0.29) is 0 Å². The van der Waals surface area contributed by atoms with E-state index in [2.05, 4.69) is 0 Å². The van der Waals surface area contributed by atoms with Gasteiger partial charge in [0, 0.05) is 7.11 Å². The molecular formula is C12H22O. The molecule has 0 aromatic rings. The normalized spacial score (nSPS) is 40.8. The third kappa shape index (κ3) is 2.25. The van der Waals surface area contributed by atoms with Gasteiger partial charge in [0.25, 0.3) is 0 Å². The van der Waals surface area contributed by atoms with Crippen LogP contribution in [0.25, 0.3) is 0 Å². The fourth-order valence-corrected chi connectivity index (χ4v) is 3.18. The number of hydrogen-bond acceptors (Lipinski definition) is 1. The Morgan fingerprint density at radius 2 is 1.62 bits per heavy atom. The van der Waals surface area contributed by atoms with Gasteiger partial charge < -0.3 is 4.74 Å². The number of methoxy groups -OCH3 is 1. The lowest BCUT2D eigenvalue weighted by Gasteiger charge is -2.24. The second kappa shape index (κ2) is 4.45. The van der Waals surface area contributed by atoms with Crippen LogP contribution in [0.15, 0.2) is 0 Å². The van der Waals surface area contributed by atoms with Gasteiger partial charge in [0.05, 0.1) is 6.10 Å². The molecule has 2 fully saturated rings. The molecule has 3 atom stereocenters. The van der Waals surface area contributed by atoms with Crippen molar-refractivity contribution < 1.29 is 4.74 Å². The van der Waals surface area contributed by atoms with Gasteiger partial charge in [-0.15, -0.1) is 0 Å². The Balaban J connectivity index is 2.02. The van der Waals surface area contributed by atoms with Gasteiger partial charge in [-0.1, -0.05) is 25.7 Å². The highest BCUT2D eigenvalue weighted by molar-refractivity contribution is 4.80. The smallest absolute Gasteiger partial charge is 0.0599 e. The van der Waals surface area contributed by atoms with E-state index in [1.807, 2.05) is 7.11 Å². The first-order valence-corrected chi connectivity index (χ1v) is 5.93. The van der Waals surface area contributed by atoms with Crippen molar-refractivity contribution in [1.29, 1.82) is 0 Å². The van der Waals surface area contributed by atoms with Crippen LogP contribution in [0.1, 0.15) is 51.4 Å². The molecule has 3 unspecified atom stereocenters. The van der Waals surface area contributed by atoms with Crippen molar-refractivity contribution in [3.63, 3.8) is 0 Å². The van der Waals surface area contributed by atoms with Gasteiger partial charge in [0.15, 0.2) is 0 Å². The van der Waals surface area contributed by atoms with Crippen LogP contribution in [0.4, 0.5) is 0 Å². The lowest BCUT2D eigenvalue weighted by Crippen LogP contribution is -2.21. The van der Waals surface area contributed by atoms with Crippen LogP contribution in [0, 0.1) is 11.8 Å². The molecule has 2 aliphatic carbocycles. The van der Waals surface area contributed by atoms with E-state index in [4.69, 9.17) is 4.74 Å². The van der Waals surface area contributed by atoms with Gasteiger partial charge in [0.2, 0.25) is 0 Å². The van der Waals surface area contributed by atoms with Gasteiger partial charge in [-0.05, 0) is 37.5 Å². The average molecular weight is 182 g/mol. The Labute approximate surface area is 81.9 Å². The second-order valence-electron chi connectivity index (χ2n) is 4.84. The summed E-state index contributed by atoms with van der Waals surface area (Å²) in [7, 11) is 1.90. The summed E-state index contributed by atoms with van der Waals surface area (Å²) in [6.45, 7) is 0. The van der Waals surface area contributed by atoms with Crippen molar-refractivity contribution in [2.24, 2.45) is 11.8 Å². The zero-order valence-corrected chi connectivity index (χ0v) is 8.80. The van der Waals surface area contributed by atoms with Crippen LogP contribution in [0.3, 0.4) is 0 Å². The van der Waals surface area contributed by atoms with Crippen LogP contribution in [-0.4, -0.2) is 13.2 Å². The van der Waals surface area contributed by atoms with Crippen molar-refractivity contribution in [1.82, 2.24) is 0 Å². The summed E-state index contributed by atoms with van der Waals surface area (Å²) in [5, 5.41) is 0. The van der Waals surface area contributed by atoms with Gasteiger partial charge in [-0.3, -0.25) is 0 Å². The fourth-order valence-electron chi connectivity index (χ4n) is 3.18. The maximum absolute atomic E-state index is 5.61. The average Bonchev–Trinajstić information content (AvgIpc) is 2.24. The zero-order chi connectivity index (χ0) is 9.10. The van der Waals surface area contributed by atoms with Gasteiger partial charge in [-0.2, -0.15) is 0 Å². The Morgan fingerprint density at radius 3 is 2.46 bits per heavy atom. The maximum Gasteiger partial charge on any atom is 0.0599 e. The van der Waals surface area contributed by atoms with E-state index in [1.54, 1.807) is 0 Å². The first kappa shape index (κ1) is 9.51. The lowest BCUT2D eigenvalue weighted by molar-refractivity contribution is 0.0430. The summed E-state index contributed by atoms with van der Waals surface area (Å²) in [5.74, 6) is 1.92. The van der Waals surface area contributed by atoms with Crippen molar-refractivity contribution >= 4 is 0 Å². The number of ether oxygens (including phenoxy) is 1. The van der Waals surface area contributed by atoms with Crippen LogP contribution < -0.4 is 0 Å². The molecule has 0 heterocycles. The quantitative estimate of drug-likeness (QED) is 0.604. The molecule has 2 saturated carbocycles. The van der Waals surface area contributed by atoms with Crippen LogP contribution in [0.5, 0.6) is 0 Å². The van der Waals surface area contributed by atoms with Crippen LogP contribution >= 0.6 is 0 Å². The first-order chi connectivity index (χ1) is 6.40. The standard InChI is InChI=1S/C12H22O/c1-13-12-9-7-10-4-2-3-5-11(12)8-6-10/h10-12H,2-9H2,1H3. The second-order valence-corrected chi connectivity index (χ2v) is 4.84. The molecule has 1 nitrogen and oxygen atoms in total. The van der Waals surface area contributed by atoms with E-state index in [9.17, 15) is 0 Å². The summed E-state index contributed by atoms with van der Waals surface area (Å²) < 4.78 is 5.61. The minimum atomic E-state index is 0.586. The van der Waals surface area contributed by atoms with E-state index in [0.717, 1.165) is 11.8 Å². The molecule has 0 aromatic carbocycles. The first-order valence-electron chi connectivity index (χ1n) is 5.93. The third-order valence-corrected chi connectivity index (χ3v) is 4.07. The SMILES string of the molecule is COC1CCC2CCCCC1CC2. The molecular weight excluding hydrogens is 160 g/mol. The fraction of sp³-hybridized carbons (Fsp3) is 1.00. The monoisotopic (exact) mass is 182 g/mol. The Kier molecular flexibility index (Phi) is 3.26. The largest absolute Gasteiger partial charge is 0.381 e. The highest BCUT2D eigenvalue weighted by Crippen LogP contribution is 2.36. The molecule has 0 aliphatic heterocycles. The zero-order valence-electron chi connectivity index (χ0n) is 8.80. The highest BCUT2D eigenvalue weighted by Gasteiger charge is 2.28. The predicted molar refractivity (Wildman–Crippen MR) is 54.7 cm³/mol. The molecule has 2 bridgehead atoms. The minimum absolute atomic E-state index is 0.586. The number of hydrogen-bond donors (Lipinski definition) is 0. The van der Waals surface area contributed by atoms with Gasteiger partial charge in [-0.25, -0.2) is 0 Å². The minimum Gasteiger partial charge on any atom is -0.381 e. The number of rotatable bonds is 1. The van der Waals surface area contributed by atoms with Crippen LogP contribution in [-0.2, 0) is 4.74 Å². The molecule has 0 amide bonds. The summed E-state index contributed by atoms with van der Waals surface area (Å²) in [4.78, 5) is 0. The molecule has 0 aromatic heterocycles. The molecule has 1 heteroatoms. The van der Waals surface area contributed by atoms with Crippen molar-refractivity contribution in [2.45, 2.75) is 57.5 Å². The Bertz CT molecular complexity index is 155. The molecule has 2 aliphatic rings. The van der Waals surface area contributed by atoms with E-state index in [0.29, 0.717) is 6.10 Å². The molecule has 76 valence electrons. The molecule has 0 N–H and O–H groups in total. The number of fused-ring (bicyclic) bond motifs is 3. The topological polar surface area (TPSA) is 9.23 Å². The predicted octanol–water partition coefficient (Wildman–Crippen LogP) is 3.38. The molecule has 0 spiro atoms. The summed E-state index contributed by atoms with van der Waals surface area (Å²) in [5.41, 5.74) is 0. The molecule has 13 heavy (non-hydrogen) atoms. The van der Waals surface area contributed by atoms with Crippen molar-refractivity contribution in [3.05, 3.63) is 0 Å². The van der Waals surface area contributed by atoms with E-state index >= 15 is 0 Å². The van der Waals surface area contributed by atoms with Gasteiger partial charge >= 0.3 is 0 Å². The summed E-state index contributed by atoms with van der Waals surface area (Å²) in [6.07, 6.45) is 12.1. The molecule has 2 rings (SSSR count). The Hall–Kier alpha value is -0.0400. The van der Waals surface area contributed by atoms with Crippen molar-refractivity contribution in [3.8, 4) is 0 Å². The summed E-state index contributed by atoms with van der Waals surface area (Å²) in [6, 6.07) is 0. The Morgan fingerprint density at radius 1 is 0.846 bits per heavy atom.